The molecule has 0 saturated carbocycles. The Balaban J connectivity index is 1.75. The lowest BCUT2D eigenvalue weighted by Gasteiger charge is -2.06. The minimum absolute atomic E-state index is 0.0383. The quantitative estimate of drug-likeness (QED) is 0.606. The molecule has 0 spiro atoms. The van der Waals surface area contributed by atoms with E-state index in [9.17, 15) is 4.79 Å². The van der Waals surface area contributed by atoms with Gasteiger partial charge in [0.05, 0.1) is 0 Å². The highest BCUT2D eigenvalue weighted by Crippen LogP contribution is 2.32. The van der Waals surface area contributed by atoms with Crippen LogP contribution >= 0.6 is 0 Å². The third-order valence-corrected chi connectivity index (χ3v) is 4.36. The van der Waals surface area contributed by atoms with E-state index in [1.165, 1.54) is 0 Å². The Morgan fingerprint density at radius 3 is 2.26 bits per heavy atom. The summed E-state index contributed by atoms with van der Waals surface area (Å²) < 4.78 is 6.06. The van der Waals surface area contributed by atoms with Gasteiger partial charge in [0.15, 0.2) is 11.7 Å². The van der Waals surface area contributed by atoms with Crippen molar-refractivity contribution < 1.29 is 9.21 Å². The maximum absolute atomic E-state index is 12.0. The van der Waals surface area contributed by atoms with Gasteiger partial charge in [-0.2, -0.15) is 0 Å². The first-order valence-electron chi connectivity index (χ1n) is 9.50. The van der Waals surface area contributed by atoms with Gasteiger partial charge in [0.1, 0.15) is 5.69 Å². The Bertz CT molecular complexity index is 798. The number of oxazole rings is 1. The first-order chi connectivity index (χ1) is 13.1. The molecule has 0 saturated heterocycles. The Morgan fingerprint density at radius 2 is 1.63 bits per heavy atom. The van der Waals surface area contributed by atoms with Gasteiger partial charge in [-0.1, -0.05) is 74.5 Å². The molecular weight excluding hydrogens is 336 g/mol. The molecule has 2 aromatic carbocycles. The molecule has 0 unspecified atom stereocenters. The van der Waals surface area contributed by atoms with Crippen LogP contribution in [0.5, 0.6) is 0 Å². The van der Waals surface area contributed by atoms with Crippen molar-refractivity contribution in [2.24, 2.45) is 5.92 Å². The third kappa shape index (κ3) is 5.30. The highest BCUT2D eigenvalue weighted by molar-refractivity contribution is 5.77. The highest BCUT2D eigenvalue weighted by Gasteiger charge is 2.17. The zero-order valence-electron chi connectivity index (χ0n) is 15.9. The van der Waals surface area contributed by atoms with Crippen LogP contribution in [0.15, 0.2) is 65.1 Å². The van der Waals surface area contributed by atoms with Crippen LogP contribution in [0.2, 0.25) is 0 Å². The van der Waals surface area contributed by atoms with E-state index in [4.69, 9.17) is 9.40 Å². The van der Waals surface area contributed by atoms with Gasteiger partial charge in [-0.15, -0.1) is 0 Å². The van der Waals surface area contributed by atoms with Crippen molar-refractivity contribution >= 4 is 5.91 Å². The van der Waals surface area contributed by atoms with Gasteiger partial charge in [-0.05, 0) is 12.3 Å². The second kappa shape index (κ2) is 9.17. The molecule has 1 N–H and O–H groups in total. The molecular formula is C23H26N2O2. The van der Waals surface area contributed by atoms with Crippen LogP contribution in [0.1, 0.15) is 32.6 Å². The number of nitrogens with zero attached hydrogens (tertiary/aromatic N) is 1. The van der Waals surface area contributed by atoms with Gasteiger partial charge in [-0.25, -0.2) is 4.98 Å². The highest BCUT2D eigenvalue weighted by atomic mass is 16.4. The zero-order valence-corrected chi connectivity index (χ0v) is 15.9. The molecule has 27 heavy (non-hydrogen) atoms. The molecule has 3 aromatic rings. The molecule has 1 heterocycles. The number of benzene rings is 2. The Kier molecular flexibility index (Phi) is 6.42. The summed E-state index contributed by atoms with van der Waals surface area (Å²) in [6, 6.07) is 20.0. The maximum Gasteiger partial charge on any atom is 0.220 e. The minimum Gasteiger partial charge on any atom is -0.440 e. The zero-order chi connectivity index (χ0) is 19.1. The van der Waals surface area contributed by atoms with Crippen LogP contribution in [-0.4, -0.2) is 17.4 Å². The van der Waals surface area contributed by atoms with E-state index in [-0.39, 0.29) is 5.91 Å². The number of aryl methyl sites for hydroxylation is 1. The average Bonchev–Trinajstić information content (AvgIpc) is 3.12. The number of rotatable bonds is 8. The van der Waals surface area contributed by atoms with Gasteiger partial charge in [-0.3, -0.25) is 4.79 Å². The van der Waals surface area contributed by atoms with Gasteiger partial charge >= 0.3 is 0 Å². The van der Waals surface area contributed by atoms with E-state index in [0.717, 1.165) is 29.0 Å². The lowest BCUT2D eigenvalue weighted by atomic mass is 10.1. The molecule has 0 bridgehead atoms. The van der Waals surface area contributed by atoms with Crippen LogP contribution in [0.4, 0.5) is 0 Å². The van der Waals surface area contributed by atoms with E-state index in [2.05, 4.69) is 19.2 Å². The van der Waals surface area contributed by atoms with Gasteiger partial charge in [0.2, 0.25) is 5.91 Å². The van der Waals surface area contributed by atoms with Crippen molar-refractivity contribution in [1.29, 1.82) is 0 Å². The summed E-state index contributed by atoms with van der Waals surface area (Å²) in [6.07, 6.45) is 1.85. The first-order valence-corrected chi connectivity index (χ1v) is 9.50. The molecule has 140 valence electrons. The summed E-state index contributed by atoms with van der Waals surface area (Å²) in [7, 11) is 0. The fourth-order valence-electron chi connectivity index (χ4n) is 2.86. The van der Waals surface area contributed by atoms with E-state index in [0.29, 0.717) is 31.2 Å². The van der Waals surface area contributed by atoms with Crippen molar-refractivity contribution in [2.45, 2.75) is 33.1 Å². The number of hydrogen-bond donors (Lipinski definition) is 1. The van der Waals surface area contributed by atoms with Gasteiger partial charge in [0, 0.05) is 30.5 Å². The van der Waals surface area contributed by atoms with Gasteiger partial charge in [0.25, 0.3) is 0 Å². The molecule has 1 amide bonds. The average molecular weight is 362 g/mol. The SMILES string of the molecule is CC(C)CCNC(=O)CCc1nc(-c2ccccc2)c(-c2ccccc2)o1. The summed E-state index contributed by atoms with van der Waals surface area (Å²) in [4.78, 5) is 16.7. The number of carbonyl (C=O) groups excluding carboxylic acids is 1. The number of carbonyl (C=O) groups is 1. The minimum atomic E-state index is 0.0383. The number of hydrogen-bond acceptors (Lipinski definition) is 3. The van der Waals surface area contributed by atoms with Crippen LogP contribution in [0, 0.1) is 5.92 Å². The van der Waals surface area contributed by atoms with Crippen molar-refractivity contribution in [1.82, 2.24) is 10.3 Å². The smallest absolute Gasteiger partial charge is 0.220 e. The predicted molar refractivity (Wildman–Crippen MR) is 108 cm³/mol. The van der Waals surface area contributed by atoms with E-state index in [1.54, 1.807) is 0 Å². The molecule has 0 aliphatic heterocycles. The van der Waals surface area contributed by atoms with Crippen molar-refractivity contribution in [3.8, 4) is 22.6 Å². The number of aromatic nitrogens is 1. The number of nitrogens with one attached hydrogen (secondary N) is 1. The standard InChI is InChI=1S/C23H26N2O2/c1-17(2)15-16-24-20(26)13-14-21-25-22(18-9-5-3-6-10-18)23(27-21)19-11-7-4-8-12-19/h3-12,17H,13-16H2,1-2H3,(H,24,26). The summed E-state index contributed by atoms with van der Waals surface area (Å²) in [5.41, 5.74) is 2.81. The molecule has 4 heteroatoms. The monoisotopic (exact) mass is 362 g/mol. The molecule has 0 aliphatic rings. The van der Waals surface area contributed by atoms with E-state index < -0.39 is 0 Å². The van der Waals surface area contributed by atoms with Crippen LogP contribution in [-0.2, 0) is 11.2 Å². The molecule has 3 rings (SSSR count). The summed E-state index contributed by atoms with van der Waals surface area (Å²) in [6.45, 7) is 5.01. The van der Waals surface area contributed by atoms with E-state index >= 15 is 0 Å². The normalized spacial score (nSPS) is 10.9. The molecule has 0 radical (unpaired) electrons. The number of amides is 1. The Labute approximate surface area is 160 Å². The van der Waals surface area contributed by atoms with Crippen molar-refractivity contribution in [3.05, 3.63) is 66.6 Å². The second-order valence-electron chi connectivity index (χ2n) is 7.05. The molecule has 0 atom stereocenters. The Morgan fingerprint density at radius 1 is 1.00 bits per heavy atom. The predicted octanol–water partition coefficient (Wildman–Crippen LogP) is 5.10. The fraction of sp³-hybridized carbons (Fsp3) is 0.304. The summed E-state index contributed by atoms with van der Waals surface area (Å²) in [5.74, 6) is 1.96. The van der Waals surface area contributed by atoms with Crippen LogP contribution < -0.4 is 5.32 Å². The van der Waals surface area contributed by atoms with Crippen molar-refractivity contribution in [3.63, 3.8) is 0 Å². The summed E-state index contributed by atoms with van der Waals surface area (Å²) in [5, 5.41) is 2.96. The topological polar surface area (TPSA) is 55.1 Å². The first kappa shape index (κ1) is 18.9. The molecule has 0 fully saturated rings. The maximum atomic E-state index is 12.0. The second-order valence-corrected chi connectivity index (χ2v) is 7.05. The van der Waals surface area contributed by atoms with Crippen LogP contribution in [0.25, 0.3) is 22.6 Å². The largest absolute Gasteiger partial charge is 0.440 e. The van der Waals surface area contributed by atoms with Crippen LogP contribution in [0.3, 0.4) is 0 Å². The van der Waals surface area contributed by atoms with E-state index in [1.807, 2.05) is 60.7 Å². The Hall–Kier alpha value is -2.88. The molecule has 4 nitrogen and oxygen atoms in total. The molecule has 1 aromatic heterocycles. The fourth-order valence-corrected chi connectivity index (χ4v) is 2.86. The lowest BCUT2D eigenvalue weighted by Crippen LogP contribution is -2.25. The molecule has 0 aliphatic carbocycles. The summed E-state index contributed by atoms with van der Waals surface area (Å²) >= 11 is 0. The lowest BCUT2D eigenvalue weighted by molar-refractivity contribution is -0.121. The van der Waals surface area contributed by atoms with Gasteiger partial charge < -0.3 is 9.73 Å². The van der Waals surface area contributed by atoms with Crippen molar-refractivity contribution in [2.75, 3.05) is 6.54 Å². The third-order valence-electron chi connectivity index (χ3n) is 4.36.